The molecule has 0 saturated carbocycles. The van der Waals surface area contributed by atoms with Gasteiger partial charge >= 0.3 is 0 Å². The fraction of sp³-hybridized carbons (Fsp3) is 0.278. The zero-order chi connectivity index (χ0) is 15.9. The first-order valence-electron chi connectivity index (χ1n) is 7.23. The molecule has 0 saturated heterocycles. The standard InChI is InChI=1S/C18H19Cl2NS/c1-13(2)18(12-22-14-7-4-3-5-8-14)21-11-15-16(19)9-6-10-17(15)20/h3-11,13,18H,12H2,1-2H3/t18-/m1/s1. The summed E-state index contributed by atoms with van der Waals surface area (Å²) in [6, 6.07) is 16.1. The monoisotopic (exact) mass is 351 g/mol. The Morgan fingerprint density at radius 1 is 1.00 bits per heavy atom. The highest BCUT2D eigenvalue weighted by Gasteiger charge is 2.12. The van der Waals surface area contributed by atoms with E-state index in [-0.39, 0.29) is 6.04 Å². The van der Waals surface area contributed by atoms with Crippen LogP contribution in [-0.2, 0) is 0 Å². The summed E-state index contributed by atoms with van der Waals surface area (Å²) < 4.78 is 0. The van der Waals surface area contributed by atoms with Gasteiger partial charge in [0.25, 0.3) is 0 Å². The minimum Gasteiger partial charge on any atom is -0.288 e. The Morgan fingerprint density at radius 3 is 2.23 bits per heavy atom. The van der Waals surface area contributed by atoms with Gasteiger partial charge in [-0.1, -0.05) is 61.3 Å². The summed E-state index contributed by atoms with van der Waals surface area (Å²) in [6.45, 7) is 4.36. The van der Waals surface area contributed by atoms with Gasteiger partial charge in [0, 0.05) is 22.4 Å². The van der Waals surface area contributed by atoms with Crippen molar-refractivity contribution in [3.05, 3.63) is 64.1 Å². The van der Waals surface area contributed by atoms with Crippen LogP contribution in [0.3, 0.4) is 0 Å². The molecule has 0 bridgehead atoms. The second kappa shape index (κ2) is 8.61. The lowest BCUT2D eigenvalue weighted by atomic mass is 10.1. The van der Waals surface area contributed by atoms with Crippen molar-refractivity contribution in [2.45, 2.75) is 24.8 Å². The molecule has 2 aromatic carbocycles. The lowest BCUT2D eigenvalue weighted by Gasteiger charge is -2.16. The molecule has 0 aromatic heterocycles. The van der Waals surface area contributed by atoms with E-state index in [1.165, 1.54) is 4.90 Å². The molecule has 0 aliphatic carbocycles. The van der Waals surface area contributed by atoms with E-state index in [9.17, 15) is 0 Å². The Labute approximate surface area is 146 Å². The average Bonchev–Trinajstić information content (AvgIpc) is 2.50. The summed E-state index contributed by atoms with van der Waals surface area (Å²) in [6.07, 6.45) is 1.81. The quantitative estimate of drug-likeness (QED) is 0.443. The Bertz CT molecular complexity index is 606. The number of aliphatic imine (C=N–C) groups is 1. The third kappa shape index (κ3) is 5.05. The molecule has 1 atom stereocenters. The van der Waals surface area contributed by atoms with Gasteiger partial charge < -0.3 is 0 Å². The van der Waals surface area contributed by atoms with Crippen LogP contribution < -0.4 is 0 Å². The van der Waals surface area contributed by atoms with Crippen molar-refractivity contribution in [2.75, 3.05) is 5.75 Å². The van der Waals surface area contributed by atoms with Gasteiger partial charge in [0.05, 0.1) is 16.1 Å². The van der Waals surface area contributed by atoms with Crippen LogP contribution in [0.1, 0.15) is 19.4 Å². The Balaban J connectivity index is 2.07. The predicted octanol–water partition coefficient (Wildman–Crippen LogP) is 6.23. The maximum atomic E-state index is 6.18. The molecule has 22 heavy (non-hydrogen) atoms. The molecule has 0 spiro atoms. The smallest absolute Gasteiger partial charge is 0.0616 e. The normalized spacial score (nSPS) is 13.0. The molecule has 0 N–H and O–H groups in total. The van der Waals surface area contributed by atoms with E-state index in [1.54, 1.807) is 6.21 Å². The molecule has 4 heteroatoms. The first-order valence-corrected chi connectivity index (χ1v) is 8.97. The van der Waals surface area contributed by atoms with Crippen molar-refractivity contribution in [3.63, 3.8) is 0 Å². The maximum Gasteiger partial charge on any atom is 0.0616 e. The number of halogens is 2. The highest BCUT2D eigenvalue weighted by molar-refractivity contribution is 7.99. The minimum atomic E-state index is 0.220. The van der Waals surface area contributed by atoms with E-state index in [0.29, 0.717) is 16.0 Å². The molecular weight excluding hydrogens is 333 g/mol. The number of rotatable bonds is 6. The van der Waals surface area contributed by atoms with E-state index in [1.807, 2.05) is 36.0 Å². The lowest BCUT2D eigenvalue weighted by molar-refractivity contribution is 0.539. The van der Waals surface area contributed by atoms with E-state index >= 15 is 0 Å². The second-order valence-corrected chi connectivity index (χ2v) is 7.26. The number of thioether (sulfide) groups is 1. The summed E-state index contributed by atoms with van der Waals surface area (Å²) in [5.41, 5.74) is 0.793. The number of hydrogen-bond donors (Lipinski definition) is 0. The van der Waals surface area contributed by atoms with Crippen molar-refractivity contribution in [2.24, 2.45) is 10.9 Å². The third-order valence-corrected chi connectivity index (χ3v) is 5.10. The molecule has 2 rings (SSSR count). The summed E-state index contributed by atoms with van der Waals surface area (Å²) >= 11 is 14.2. The summed E-state index contributed by atoms with van der Waals surface area (Å²) in [7, 11) is 0. The molecule has 0 heterocycles. The van der Waals surface area contributed by atoms with Crippen molar-refractivity contribution in [1.29, 1.82) is 0 Å². The van der Waals surface area contributed by atoms with Gasteiger partial charge in [0.2, 0.25) is 0 Å². The Kier molecular flexibility index (Phi) is 6.81. The summed E-state index contributed by atoms with van der Waals surface area (Å²) in [4.78, 5) is 5.98. The van der Waals surface area contributed by atoms with Crippen LogP contribution in [0.4, 0.5) is 0 Å². The number of benzene rings is 2. The zero-order valence-corrected chi connectivity index (χ0v) is 15.0. The highest BCUT2D eigenvalue weighted by Crippen LogP contribution is 2.24. The first kappa shape index (κ1) is 17.4. The summed E-state index contributed by atoms with van der Waals surface area (Å²) in [5.74, 6) is 1.38. The molecule has 0 fully saturated rings. The number of hydrogen-bond acceptors (Lipinski definition) is 2. The average molecular weight is 352 g/mol. The fourth-order valence-corrected chi connectivity index (χ4v) is 3.59. The van der Waals surface area contributed by atoms with Gasteiger partial charge in [-0.15, -0.1) is 11.8 Å². The van der Waals surface area contributed by atoms with Crippen molar-refractivity contribution in [1.82, 2.24) is 0 Å². The molecule has 116 valence electrons. The fourth-order valence-electron chi connectivity index (χ4n) is 1.91. The Hall–Kier alpha value is -0.960. The minimum absolute atomic E-state index is 0.220. The van der Waals surface area contributed by atoms with Gasteiger partial charge in [0.15, 0.2) is 0 Å². The van der Waals surface area contributed by atoms with Crippen LogP contribution in [0.5, 0.6) is 0 Å². The first-order chi connectivity index (χ1) is 10.6. The van der Waals surface area contributed by atoms with Gasteiger partial charge in [0.1, 0.15) is 0 Å². The molecule has 1 nitrogen and oxygen atoms in total. The SMILES string of the molecule is CC(C)[C@@H](CSc1ccccc1)N=Cc1c(Cl)cccc1Cl. The maximum absolute atomic E-state index is 6.18. The summed E-state index contributed by atoms with van der Waals surface area (Å²) in [5, 5.41) is 1.27. The number of nitrogens with zero attached hydrogens (tertiary/aromatic N) is 1. The van der Waals surface area contributed by atoms with Crippen molar-refractivity contribution < 1.29 is 0 Å². The Morgan fingerprint density at radius 2 is 1.64 bits per heavy atom. The molecule has 0 aliphatic rings. The molecule has 2 aromatic rings. The van der Waals surface area contributed by atoms with E-state index in [0.717, 1.165) is 11.3 Å². The van der Waals surface area contributed by atoms with Crippen LogP contribution in [0.2, 0.25) is 10.0 Å². The van der Waals surface area contributed by atoms with Gasteiger partial charge in [-0.05, 0) is 30.2 Å². The predicted molar refractivity (Wildman–Crippen MR) is 99.8 cm³/mol. The molecule has 0 amide bonds. The lowest BCUT2D eigenvalue weighted by Crippen LogP contribution is -2.16. The van der Waals surface area contributed by atoms with Crippen molar-refractivity contribution in [3.8, 4) is 0 Å². The molecular formula is C18H19Cl2NS. The van der Waals surface area contributed by atoms with E-state index < -0.39 is 0 Å². The van der Waals surface area contributed by atoms with Gasteiger partial charge in [-0.3, -0.25) is 4.99 Å². The van der Waals surface area contributed by atoms with Crippen molar-refractivity contribution >= 4 is 41.2 Å². The van der Waals surface area contributed by atoms with E-state index in [2.05, 4.69) is 38.1 Å². The van der Waals surface area contributed by atoms with Crippen LogP contribution in [0, 0.1) is 5.92 Å². The molecule has 0 radical (unpaired) electrons. The van der Waals surface area contributed by atoms with Gasteiger partial charge in [-0.2, -0.15) is 0 Å². The zero-order valence-electron chi connectivity index (χ0n) is 12.7. The van der Waals surface area contributed by atoms with E-state index in [4.69, 9.17) is 28.2 Å². The topological polar surface area (TPSA) is 12.4 Å². The highest BCUT2D eigenvalue weighted by atomic mass is 35.5. The van der Waals surface area contributed by atoms with Crippen LogP contribution in [0.25, 0.3) is 0 Å². The van der Waals surface area contributed by atoms with Crippen LogP contribution in [0.15, 0.2) is 58.4 Å². The van der Waals surface area contributed by atoms with Crippen LogP contribution >= 0.6 is 35.0 Å². The third-order valence-electron chi connectivity index (χ3n) is 3.33. The molecule has 0 aliphatic heterocycles. The molecule has 0 unspecified atom stereocenters. The van der Waals surface area contributed by atoms with Crippen LogP contribution in [-0.4, -0.2) is 18.0 Å². The van der Waals surface area contributed by atoms with Gasteiger partial charge in [-0.25, -0.2) is 0 Å². The second-order valence-electron chi connectivity index (χ2n) is 5.35. The largest absolute Gasteiger partial charge is 0.288 e.